The summed E-state index contributed by atoms with van der Waals surface area (Å²) in [6.45, 7) is 4.46. The van der Waals surface area contributed by atoms with E-state index in [2.05, 4.69) is 11.7 Å². The number of hydrogen-bond donors (Lipinski definition) is 0. The summed E-state index contributed by atoms with van der Waals surface area (Å²) in [5, 5.41) is 0. The molecule has 1 nitrogen and oxygen atoms in total. The molecule has 17 heavy (non-hydrogen) atoms. The molecule has 0 aromatic rings. The molecule has 0 N–H and O–H groups in total. The first kappa shape index (κ1) is 15.7. The number of rotatable bonds is 5. The fourth-order valence-electron chi connectivity index (χ4n) is 1.08. The Hall–Kier alpha value is -1.27. The molecule has 1 unspecified atom stereocenters. The van der Waals surface area contributed by atoms with Crippen LogP contribution in [0.5, 0.6) is 0 Å². The molecule has 0 aromatic heterocycles. The molecule has 0 rings (SSSR count). The Kier molecular flexibility index (Phi) is 5.44. The Bertz CT molecular complexity index is 315. The van der Waals surface area contributed by atoms with Gasteiger partial charge in [0.1, 0.15) is 0 Å². The van der Waals surface area contributed by atoms with Crippen molar-refractivity contribution in [2.75, 3.05) is 0 Å². The van der Waals surface area contributed by atoms with Crippen LogP contribution in [0.4, 0.5) is 26.3 Å². The molecule has 0 radical (unpaired) electrons. The lowest BCUT2D eigenvalue weighted by Crippen LogP contribution is -2.41. The lowest BCUT2D eigenvalue weighted by molar-refractivity contribution is -0.243. The summed E-state index contributed by atoms with van der Waals surface area (Å²) in [4.78, 5) is 3.16. The van der Waals surface area contributed by atoms with Crippen molar-refractivity contribution in [2.45, 2.75) is 31.6 Å². The van der Waals surface area contributed by atoms with E-state index in [1.165, 1.54) is 13.0 Å². The van der Waals surface area contributed by atoms with E-state index in [9.17, 15) is 26.3 Å². The van der Waals surface area contributed by atoms with Crippen molar-refractivity contribution in [3.8, 4) is 0 Å². The van der Waals surface area contributed by atoms with Gasteiger partial charge in [-0.3, -0.25) is 4.99 Å². The summed E-state index contributed by atoms with van der Waals surface area (Å²) in [7, 11) is 0. The molecule has 0 saturated heterocycles. The highest BCUT2D eigenvalue weighted by molar-refractivity contribution is 5.29. The van der Waals surface area contributed by atoms with Crippen molar-refractivity contribution in [3.63, 3.8) is 0 Å². The van der Waals surface area contributed by atoms with E-state index in [0.717, 1.165) is 12.3 Å². The van der Waals surface area contributed by atoms with Crippen molar-refractivity contribution >= 4 is 6.72 Å². The zero-order valence-corrected chi connectivity index (χ0v) is 8.94. The summed E-state index contributed by atoms with van der Waals surface area (Å²) < 4.78 is 74.0. The van der Waals surface area contributed by atoms with E-state index in [0.29, 0.717) is 0 Å². The number of hydrogen-bond acceptors (Lipinski definition) is 1. The molecule has 0 aliphatic carbocycles. The third kappa shape index (κ3) is 5.06. The standard InChI is InChI=1S/C10H11F6N/c1-3-4-7(6-17-2)5-9(12,13)8(11)10(14,15)16/h3-4,6,8H,2,5H2,1H3/b4-3-,7-6+. The summed E-state index contributed by atoms with van der Waals surface area (Å²) in [6, 6.07) is 0. The van der Waals surface area contributed by atoms with Crippen LogP contribution >= 0.6 is 0 Å². The van der Waals surface area contributed by atoms with Gasteiger partial charge in [-0.2, -0.15) is 13.2 Å². The molecule has 0 saturated carbocycles. The Morgan fingerprint density at radius 1 is 1.29 bits per heavy atom. The minimum atomic E-state index is -5.59. The third-order valence-corrected chi connectivity index (χ3v) is 1.74. The molecule has 7 heteroatoms. The highest BCUT2D eigenvalue weighted by Crippen LogP contribution is 2.38. The van der Waals surface area contributed by atoms with Gasteiger partial charge in [-0.25, -0.2) is 13.2 Å². The second-order valence-electron chi connectivity index (χ2n) is 3.23. The number of nitrogens with zero attached hydrogens (tertiary/aromatic N) is 1. The maximum atomic E-state index is 13.0. The Morgan fingerprint density at radius 3 is 2.18 bits per heavy atom. The van der Waals surface area contributed by atoms with Gasteiger partial charge in [0.25, 0.3) is 12.1 Å². The van der Waals surface area contributed by atoms with Gasteiger partial charge in [0.05, 0.1) is 0 Å². The smallest absolute Gasteiger partial charge is 0.272 e. The molecular weight excluding hydrogens is 248 g/mol. The molecule has 98 valence electrons. The first-order valence-electron chi connectivity index (χ1n) is 4.51. The van der Waals surface area contributed by atoms with Gasteiger partial charge in [0.15, 0.2) is 0 Å². The van der Waals surface area contributed by atoms with E-state index < -0.39 is 24.7 Å². The number of aliphatic imine (C=N–C) groups is 1. The van der Waals surface area contributed by atoms with Gasteiger partial charge in [-0.05, 0) is 19.2 Å². The van der Waals surface area contributed by atoms with Gasteiger partial charge in [0.2, 0.25) is 0 Å². The van der Waals surface area contributed by atoms with Crippen molar-refractivity contribution in [1.29, 1.82) is 0 Å². The molecule has 0 spiro atoms. The summed E-state index contributed by atoms with van der Waals surface area (Å²) in [5.74, 6) is -4.53. The molecular formula is C10H11F6N. The topological polar surface area (TPSA) is 12.4 Å². The first-order chi connectivity index (χ1) is 7.65. The predicted molar refractivity (Wildman–Crippen MR) is 53.0 cm³/mol. The van der Waals surface area contributed by atoms with Crippen molar-refractivity contribution in [3.05, 3.63) is 23.9 Å². The minimum Gasteiger partial charge on any atom is -0.272 e. The van der Waals surface area contributed by atoms with E-state index in [4.69, 9.17) is 0 Å². The van der Waals surface area contributed by atoms with E-state index in [1.807, 2.05) is 0 Å². The zero-order valence-electron chi connectivity index (χ0n) is 8.94. The SMILES string of the molecule is C=N/C=C(\C=C/C)CC(F)(F)C(F)C(F)(F)F. The summed E-state index contributed by atoms with van der Waals surface area (Å²) >= 11 is 0. The molecule has 0 aromatic carbocycles. The molecule has 0 fully saturated rings. The largest absolute Gasteiger partial charge is 0.425 e. The lowest BCUT2D eigenvalue weighted by Gasteiger charge is -2.22. The van der Waals surface area contributed by atoms with Crippen LogP contribution in [0.25, 0.3) is 0 Å². The first-order valence-corrected chi connectivity index (χ1v) is 4.51. The van der Waals surface area contributed by atoms with Crippen LogP contribution in [0.1, 0.15) is 13.3 Å². The number of halogens is 6. The van der Waals surface area contributed by atoms with Crippen LogP contribution in [0, 0.1) is 0 Å². The molecule has 0 aliphatic rings. The second-order valence-corrected chi connectivity index (χ2v) is 3.23. The average Bonchev–Trinajstić information content (AvgIpc) is 2.15. The van der Waals surface area contributed by atoms with Crippen LogP contribution in [-0.2, 0) is 0 Å². The van der Waals surface area contributed by atoms with E-state index in [-0.39, 0.29) is 5.57 Å². The highest BCUT2D eigenvalue weighted by atomic mass is 19.4. The van der Waals surface area contributed by atoms with Crippen LogP contribution in [-0.4, -0.2) is 25.0 Å². The Balaban J connectivity index is 4.96. The molecule has 0 aliphatic heterocycles. The summed E-state index contributed by atoms with van der Waals surface area (Å²) in [5.41, 5.74) is -0.237. The van der Waals surface area contributed by atoms with Crippen LogP contribution < -0.4 is 0 Å². The maximum absolute atomic E-state index is 13.0. The van der Waals surface area contributed by atoms with Gasteiger partial charge in [-0.15, -0.1) is 0 Å². The van der Waals surface area contributed by atoms with Gasteiger partial charge >= 0.3 is 6.18 Å². The minimum absolute atomic E-state index is 0.237. The van der Waals surface area contributed by atoms with Gasteiger partial charge < -0.3 is 0 Å². The third-order valence-electron chi connectivity index (χ3n) is 1.74. The Morgan fingerprint density at radius 2 is 1.82 bits per heavy atom. The number of allylic oxidation sites excluding steroid dienone is 3. The van der Waals surface area contributed by atoms with Crippen molar-refractivity contribution in [1.82, 2.24) is 0 Å². The molecule has 0 heterocycles. The van der Waals surface area contributed by atoms with Crippen LogP contribution in [0.3, 0.4) is 0 Å². The highest BCUT2D eigenvalue weighted by Gasteiger charge is 2.56. The Labute approximate surface area is 94.5 Å². The molecule has 0 amide bonds. The average molecular weight is 259 g/mol. The maximum Gasteiger partial charge on any atom is 0.425 e. The lowest BCUT2D eigenvalue weighted by atomic mass is 10.0. The van der Waals surface area contributed by atoms with Crippen LogP contribution in [0.15, 0.2) is 28.9 Å². The van der Waals surface area contributed by atoms with Crippen molar-refractivity contribution in [2.24, 2.45) is 4.99 Å². The quantitative estimate of drug-likeness (QED) is 0.401. The van der Waals surface area contributed by atoms with Gasteiger partial charge in [0, 0.05) is 12.6 Å². The predicted octanol–water partition coefficient (Wildman–Crippen LogP) is 4.07. The van der Waals surface area contributed by atoms with Crippen LogP contribution in [0.2, 0.25) is 0 Å². The van der Waals surface area contributed by atoms with E-state index >= 15 is 0 Å². The summed E-state index contributed by atoms with van der Waals surface area (Å²) in [6.07, 6.45) is -7.88. The number of alkyl halides is 6. The molecule has 1 atom stereocenters. The monoisotopic (exact) mass is 259 g/mol. The zero-order chi connectivity index (χ0) is 13.7. The van der Waals surface area contributed by atoms with E-state index in [1.54, 1.807) is 0 Å². The van der Waals surface area contributed by atoms with Gasteiger partial charge in [-0.1, -0.05) is 12.2 Å². The fourth-order valence-corrected chi connectivity index (χ4v) is 1.08. The van der Waals surface area contributed by atoms with Crippen molar-refractivity contribution < 1.29 is 26.3 Å². The second kappa shape index (κ2) is 5.88. The normalized spacial score (nSPS) is 16.3. The molecule has 0 bridgehead atoms. The fraction of sp³-hybridized carbons (Fsp3) is 0.500.